The van der Waals surface area contributed by atoms with E-state index in [1.165, 1.54) is 0 Å². The molecule has 17 heavy (non-hydrogen) atoms. The van der Waals surface area contributed by atoms with Crippen molar-refractivity contribution < 1.29 is 8.42 Å². The van der Waals surface area contributed by atoms with Gasteiger partial charge in [-0.2, -0.15) is 0 Å². The summed E-state index contributed by atoms with van der Waals surface area (Å²) >= 11 is 0. The van der Waals surface area contributed by atoms with E-state index in [1.807, 2.05) is 31.2 Å². The minimum atomic E-state index is -3.22. The lowest BCUT2D eigenvalue weighted by molar-refractivity contribution is 0.577. The largest absolute Gasteiger partial charge is 0.326 e. The molecule has 1 aromatic rings. The van der Waals surface area contributed by atoms with Crippen molar-refractivity contribution in [2.75, 3.05) is 0 Å². The van der Waals surface area contributed by atoms with Gasteiger partial charge in [0.25, 0.3) is 0 Å². The predicted molar refractivity (Wildman–Crippen MR) is 67.7 cm³/mol. The van der Waals surface area contributed by atoms with Gasteiger partial charge in [-0.1, -0.05) is 31.2 Å². The summed E-state index contributed by atoms with van der Waals surface area (Å²) in [7, 11) is -3.22. The molecule has 0 aliphatic heterocycles. The summed E-state index contributed by atoms with van der Waals surface area (Å²) in [6.45, 7) is 2.48. The van der Waals surface area contributed by atoms with Gasteiger partial charge in [0.05, 0.1) is 5.75 Å². The van der Waals surface area contributed by atoms with Crippen LogP contribution in [0.1, 0.15) is 24.5 Å². The number of rotatable bonds is 5. The van der Waals surface area contributed by atoms with Crippen LogP contribution in [0, 0.1) is 5.92 Å². The van der Waals surface area contributed by atoms with Crippen LogP contribution >= 0.6 is 0 Å². The van der Waals surface area contributed by atoms with Gasteiger partial charge in [0.15, 0.2) is 0 Å². The Morgan fingerprint density at radius 1 is 1.41 bits per heavy atom. The molecule has 5 heteroatoms. The number of nitrogens with two attached hydrogens (primary N) is 1. The number of benzene rings is 1. The van der Waals surface area contributed by atoms with Crippen molar-refractivity contribution >= 4 is 10.0 Å². The first kappa shape index (κ1) is 12.5. The van der Waals surface area contributed by atoms with Crippen molar-refractivity contribution in [2.24, 2.45) is 11.7 Å². The van der Waals surface area contributed by atoms with Gasteiger partial charge < -0.3 is 5.73 Å². The number of hydrogen-bond donors (Lipinski definition) is 2. The van der Waals surface area contributed by atoms with Crippen LogP contribution in [-0.4, -0.2) is 14.5 Å². The molecule has 0 bridgehead atoms. The third kappa shape index (κ3) is 3.52. The van der Waals surface area contributed by atoms with E-state index in [9.17, 15) is 8.42 Å². The SMILES string of the molecule is CC1CC1NS(=O)(=O)Cc1cccc(CN)c1. The third-order valence-electron chi connectivity index (χ3n) is 3.02. The maximum Gasteiger partial charge on any atom is 0.216 e. The Bertz CT molecular complexity index is 499. The van der Waals surface area contributed by atoms with Gasteiger partial charge in [-0.25, -0.2) is 13.1 Å². The summed E-state index contributed by atoms with van der Waals surface area (Å²) in [5, 5.41) is 0. The van der Waals surface area contributed by atoms with Gasteiger partial charge >= 0.3 is 0 Å². The van der Waals surface area contributed by atoms with Crippen molar-refractivity contribution in [2.45, 2.75) is 31.7 Å². The van der Waals surface area contributed by atoms with Crippen LogP contribution in [0.25, 0.3) is 0 Å². The van der Waals surface area contributed by atoms with Gasteiger partial charge in [-0.05, 0) is 23.5 Å². The lowest BCUT2D eigenvalue weighted by atomic mass is 10.1. The highest BCUT2D eigenvalue weighted by Crippen LogP contribution is 2.30. The van der Waals surface area contributed by atoms with E-state index in [4.69, 9.17) is 5.73 Å². The Balaban J connectivity index is 2.03. The molecule has 0 aromatic heterocycles. The fourth-order valence-electron chi connectivity index (χ4n) is 1.82. The Morgan fingerprint density at radius 3 is 2.65 bits per heavy atom. The molecule has 0 spiro atoms. The molecule has 1 aromatic carbocycles. The zero-order valence-corrected chi connectivity index (χ0v) is 10.7. The molecule has 0 heterocycles. The first-order valence-electron chi connectivity index (χ1n) is 5.78. The third-order valence-corrected chi connectivity index (χ3v) is 4.40. The van der Waals surface area contributed by atoms with E-state index in [2.05, 4.69) is 4.72 Å². The topological polar surface area (TPSA) is 72.2 Å². The fraction of sp³-hybridized carbons (Fsp3) is 0.500. The maximum atomic E-state index is 11.9. The maximum absolute atomic E-state index is 11.9. The number of hydrogen-bond acceptors (Lipinski definition) is 3. The van der Waals surface area contributed by atoms with E-state index in [0.717, 1.165) is 17.5 Å². The van der Waals surface area contributed by atoms with E-state index >= 15 is 0 Å². The van der Waals surface area contributed by atoms with Gasteiger partial charge in [0.2, 0.25) is 10.0 Å². The molecular weight excluding hydrogens is 236 g/mol. The lowest BCUT2D eigenvalue weighted by Crippen LogP contribution is -2.28. The minimum absolute atomic E-state index is 0.0318. The number of nitrogens with one attached hydrogen (secondary N) is 1. The second kappa shape index (κ2) is 4.76. The lowest BCUT2D eigenvalue weighted by Gasteiger charge is -2.07. The van der Waals surface area contributed by atoms with E-state index in [0.29, 0.717) is 12.5 Å². The molecule has 0 saturated heterocycles. The Labute approximate surface area is 102 Å². The Morgan fingerprint density at radius 2 is 2.06 bits per heavy atom. The second-order valence-corrected chi connectivity index (χ2v) is 6.47. The van der Waals surface area contributed by atoms with E-state index in [1.54, 1.807) is 0 Å². The van der Waals surface area contributed by atoms with Gasteiger partial charge in [-0.3, -0.25) is 0 Å². The molecular formula is C12H18N2O2S. The molecule has 94 valence electrons. The Kier molecular flexibility index (Phi) is 3.51. The van der Waals surface area contributed by atoms with E-state index in [-0.39, 0.29) is 11.8 Å². The predicted octanol–water partition coefficient (Wildman–Crippen LogP) is 0.973. The van der Waals surface area contributed by atoms with Crippen LogP contribution in [0.15, 0.2) is 24.3 Å². The summed E-state index contributed by atoms with van der Waals surface area (Å²) < 4.78 is 26.4. The highest BCUT2D eigenvalue weighted by atomic mass is 32.2. The van der Waals surface area contributed by atoms with Crippen LogP contribution < -0.4 is 10.5 Å². The van der Waals surface area contributed by atoms with E-state index < -0.39 is 10.0 Å². The quantitative estimate of drug-likeness (QED) is 0.822. The molecule has 2 unspecified atom stereocenters. The van der Waals surface area contributed by atoms with Crippen molar-refractivity contribution in [1.29, 1.82) is 0 Å². The monoisotopic (exact) mass is 254 g/mol. The van der Waals surface area contributed by atoms with Crippen LogP contribution in [0.4, 0.5) is 0 Å². The summed E-state index contributed by atoms with van der Waals surface area (Å²) in [5.41, 5.74) is 7.27. The normalized spacial score (nSPS) is 23.6. The van der Waals surface area contributed by atoms with Crippen LogP contribution in [0.2, 0.25) is 0 Å². The van der Waals surface area contributed by atoms with Gasteiger partial charge in [0, 0.05) is 12.6 Å². The van der Waals surface area contributed by atoms with Crippen LogP contribution in [0.3, 0.4) is 0 Å². The molecule has 4 nitrogen and oxygen atoms in total. The smallest absolute Gasteiger partial charge is 0.216 e. The van der Waals surface area contributed by atoms with Crippen molar-refractivity contribution in [3.8, 4) is 0 Å². The standard InChI is InChI=1S/C12H18N2O2S/c1-9-5-12(9)14-17(15,16)8-11-4-2-3-10(6-11)7-13/h2-4,6,9,12,14H,5,7-8,13H2,1H3. The van der Waals surface area contributed by atoms with Crippen LogP contribution in [-0.2, 0) is 22.3 Å². The fourth-order valence-corrected chi connectivity index (χ4v) is 3.32. The molecule has 1 aliphatic carbocycles. The molecule has 2 rings (SSSR count). The van der Waals surface area contributed by atoms with Crippen molar-refractivity contribution in [3.63, 3.8) is 0 Å². The first-order valence-corrected chi connectivity index (χ1v) is 7.43. The second-order valence-electron chi connectivity index (χ2n) is 4.72. The number of sulfonamides is 1. The molecule has 1 saturated carbocycles. The molecule has 1 fully saturated rings. The average Bonchev–Trinajstić information content (AvgIpc) is 2.92. The summed E-state index contributed by atoms with van der Waals surface area (Å²) in [6.07, 6.45) is 0.946. The van der Waals surface area contributed by atoms with Gasteiger partial charge in [0.1, 0.15) is 0 Å². The highest BCUT2D eigenvalue weighted by molar-refractivity contribution is 7.88. The zero-order valence-electron chi connectivity index (χ0n) is 9.89. The average molecular weight is 254 g/mol. The first-order chi connectivity index (χ1) is 8.00. The molecule has 0 radical (unpaired) electrons. The highest BCUT2D eigenvalue weighted by Gasteiger charge is 2.35. The zero-order chi connectivity index (χ0) is 12.5. The minimum Gasteiger partial charge on any atom is -0.326 e. The van der Waals surface area contributed by atoms with Crippen molar-refractivity contribution in [3.05, 3.63) is 35.4 Å². The van der Waals surface area contributed by atoms with Crippen molar-refractivity contribution in [1.82, 2.24) is 4.72 Å². The molecule has 3 N–H and O–H groups in total. The summed E-state index contributed by atoms with van der Waals surface area (Å²) in [6, 6.07) is 7.53. The summed E-state index contributed by atoms with van der Waals surface area (Å²) in [4.78, 5) is 0. The molecule has 0 amide bonds. The molecule has 2 atom stereocenters. The molecule has 1 aliphatic rings. The Hall–Kier alpha value is -0.910. The summed E-state index contributed by atoms with van der Waals surface area (Å²) in [5.74, 6) is 0.504. The van der Waals surface area contributed by atoms with Crippen LogP contribution in [0.5, 0.6) is 0 Å². The van der Waals surface area contributed by atoms with Gasteiger partial charge in [-0.15, -0.1) is 0 Å².